The van der Waals surface area contributed by atoms with E-state index in [-0.39, 0.29) is 17.9 Å². The molecule has 15 atom stereocenters. The fourth-order valence-corrected chi connectivity index (χ4v) is 5.48. The number of rotatable bonds is 7. The summed E-state index contributed by atoms with van der Waals surface area (Å²) < 4.78 is 32.6. The van der Waals surface area contributed by atoms with Gasteiger partial charge in [-0.1, -0.05) is 6.92 Å². The van der Waals surface area contributed by atoms with Gasteiger partial charge in [-0.05, 0) is 12.3 Å². The lowest BCUT2D eigenvalue weighted by atomic mass is 9.83. The van der Waals surface area contributed by atoms with Crippen molar-refractivity contribution in [2.75, 3.05) is 20.3 Å². The Hall–Kier alpha value is -1.47. The van der Waals surface area contributed by atoms with Gasteiger partial charge in [0.1, 0.15) is 48.8 Å². The number of ether oxygens (including phenoxy) is 6. The predicted octanol–water partition coefficient (Wildman–Crippen LogP) is -4.33. The molecular weight excluding hydrogens is 516 g/mol. The number of aliphatic hydroxyl groups is 8. The summed E-state index contributed by atoms with van der Waals surface area (Å²) in [4.78, 5) is 12.2. The molecule has 0 bridgehead atoms. The molecule has 218 valence electrons. The molecule has 1 aliphatic carbocycles. The molecule has 0 unspecified atom stereocenters. The van der Waals surface area contributed by atoms with E-state index in [2.05, 4.69) is 0 Å². The largest absolute Gasteiger partial charge is 0.472 e. The van der Waals surface area contributed by atoms with Crippen LogP contribution >= 0.6 is 0 Å². The molecule has 0 amide bonds. The zero-order chi connectivity index (χ0) is 27.9. The highest BCUT2D eigenvalue weighted by Gasteiger charge is 2.54. The van der Waals surface area contributed by atoms with Crippen LogP contribution in [0, 0.1) is 17.8 Å². The number of aliphatic hydroxyl groups excluding tert-OH is 8. The number of methoxy groups -OCH3 is 1. The van der Waals surface area contributed by atoms with E-state index in [1.165, 1.54) is 13.4 Å². The highest BCUT2D eigenvalue weighted by molar-refractivity contribution is 5.89. The fraction of sp³-hybridized carbons (Fsp3) is 0.870. The smallest absolute Gasteiger partial charge is 0.337 e. The van der Waals surface area contributed by atoms with Gasteiger partial charge in [-0.15, -0.1) is 0 Å². The molecule has 4 aliphatic rings. The lowest BCUT2D eigenvalue weighted by Gasteiger charge is -2.44. The highest BCUT2D eigenvalue weighted by Crippen LogP contribution is 2.47. The van der Waals surface area contributed by atoms with Crippen molar-refractivity contribution in [3.63, 3.8) is 0 Å². The van der Waals surface area contributed by atoms with Gasteiger partial charge >= 0.3 is 5.97 Å². The van der Waals surface area contributed by atoms with Crippen molar-refractivity contribution in [2.24, 2.45) is 17.8 Å². The number of hydrogen-bond donors (Lipinski definition) is 8. The maximum atomic E-state index is 12.2. The summed E-state index contributed by atoms with van der Waals surface area (Å²) in [7, 11) is 1.22. The SMILES string of the molecule is COC(=O)C1=CO[C@@H](O[C@@H]2O[C@H](CO[C@@H]3O[C@H](CO)[C@@H](O)[C@H](O)[C@H]3O)[C@@H](O)[C@H](O)[C@H]2O)[C@@H]2[C@@H](C)[C@@H](O)C[C@H]12. The number of esters is 1. The predicted molar refractivity (Wildman–Crippen MR) is 119 cm³/mol. The molecule has 0 aromatic carbocycles. The Bertz CT molecular complexity index is 853. The normalized spacial score (nSPS) is 49.1. The molecule has 0 radical (unpaired) electrons. The van der Waals surface area contributed by atoms with Gasteiger partial charge in [0.15, 0.2) is 12.6 Å². The van der Waals surface area contributed by atoms with E-state index in [1.807, 2.05) is 0 Å². The molecule has 0 spiro atoms. The zero-order valence-electron chi connectivity index (χ0n) is 20.8. The second kappa shape index (κ2) is 12.0. The Morgan fingerprint density at radius 1 is 0.895 bits per heavy atom. The third-order valence-corrected chi connectivity index (χ3v) is 7.85. The quantitative estimate of drug-likeness (QED) is 0.139. The molecule has 15 nitrogen and oxygen atoms in total. The van der Waals surface area contributed by atoms with Crippen LogP contribution in [0.3, 0.4) is 0 Å². The van der Waals surface area contributed by atoms with E-state index in [0.717, 1.165) is 0 Å². The minimum Gasteiger partial charge on any atom is -0.472 e. The lowest BCUT2D eigenvalue weighted by molar-refractivity contribution is -0.354. The first kappa shape index (κ1) is 29.5. The van der Waals surface area contributed by atoms with Crippen LogP contribution < -0.4 is 0 Å². The Morgan fingerprint density at radius 3 is 2.13 bits per heavy atom. The van der Waals surface area contributed by atoms with Crippen molar-refractivity contribution >= 4 is 5.97 Å². The van der Waals surface area contributed by atoms with Gasteiger partial charge in [-0.25, -0.2) is 4.79 Å². The van der Waals surface area contributed by atoms with E-state index < -0.39 is 105 Å². The Morgan fingerprint density at radius 2 is 1.50 bits per heavy atom. The number of fused-ring (bicyclic) bond motifs is 1. The van der Waals surface area contributed by atoms with Crippen LogP contribution in [0.5, 0.6) is 0 Å². The zero-order valence-corrected chi connectivity index (χ0v) is 20.8. The first-order chi connectivity index (χ1) is 18.0. The summed E-state index contributed by atoms with van der Waals surface area (Å²) in [6.07, 6.45) is -16.2. The molecular formula is C23H36O15. The van der Waals surface area contributed by atoms with Crippen molar-refractivity contribution in [3.8, 4) is 0 Å². The standard InChI is InChI=1S/C23H36O15/c1-7-10(25)3-8-9(20(32)33-2)5-34-21(13(7)8)38-23-19(31)17(29)15(27)12(37-23)6-35-22-18(30)16(28)14(26)11(4-24)36-22/h5,7-8,10-19,21-31H,3-4,6H2,1-2H3/t7-,8+,10-,11+,12+,13+,14+,15+,16-,17-,18+,19+,21-,22+,23-/m0/s1. The van der Waals surface area contributed by atoms with Crippen molar-refractivity contribution in [2.45, 2.75) is 87.2 Å². The summed E-state index contributed by atoms with van der Waals surface area (Å²) in [5.74, 6) is -1.99. The highest BCUT2D eigenvalue weighted by atomic mass is 16.8. The van der Waals surface area contributed by atoms with Crippen LogP contribution in [0.4, 0.5) is 0 Å². The van der Waals surface area contributed by atoms with Gasteiger partial charge in [0.25, 0.3) is 0 Å². The maximum absolute atomic E-state index is 12.2. The summed E-state index contributed by atoms with van der Waals surface area (Å²) in [5, 5.41) is 81.2. The van der Waals surface area contributed by atoms with Gasteiger partial charge in [-0.2, -0.15) is 0 Å². The number of carbonyl (C=O) groups excluding carboxylic acids is 1. The number of carbonyl (C=O) groups is 1. The third-order valence-electron chi connectivity index (χ3n) is 7.85. The van der Waals surface area contributed by atoms with Crippen LogP contribution in [0.1, 0.15) is 13.3 Å². The van der Waals surface area contributed by atoms with E-state index in [4.69, 9.17) is 28.4 Å². The fourth-order valence-electron chi connectivity index (χ4n) is 5.48. The minimum absolute atomic E-state index is 0.229. The average Bonchev–Trinajstić information content (AvgIpc) is 3.21. The summed E-state index contributed by atoms with van der Waals surface area (Å²) in [6, 6.07) is 0. The summed E-state index contributed by atoms with van der Waals surface area (Å²) in [6.45, 7) is 0.562. The molecule has 4 rings (SSSR count). The molecule has 15 heteroatoms. The van der Waals surface area contributed by atoms with E-state index in [1.54, 1.807) is 6.92 Å². The first-order valence-corrected chi connectivity index (χ1v) is 12.4. The molecule has 38 heavy (non-hydrogen) atoms. The molecule has 8 N–H and O–H groups in total. The monoisotopic (exact) mass is 552 g/mol. The molecule has 3 aliphatic heterocycles. The Kier molecular flexibility index (Phi) is 9.28. The second-order valence-electron chi connectivity index (χ2n) is 10.1. The van der Waals surface area contributed by atoms with E-state index >= 15 is 0 Å². The lowest BCUT2D eigenvalue weighted by Crippen LogP contribution is -2.62. The van der Waals surface area contributed by atoms with E-state index in [0.29, 0.717) is 0 Å². The van der Waals surface area contributed by atoms with E-state index in [9.17, 15) is 45.6 Å². The van der Waals surface area contributed by atoms with Crippen LogP contribution in [0.2, 0.25) is 0 Å². The molecule has 3 heterocycles. The maximum Gasteiger partial charge on any atom is 0.337 e. The van der Waals surface area contributed by atoms with Gasteiger partial charge in [0, 0.05) is 11.8 Å². The minimum atomic E-state index is -1.75. The molecule has 1 saturated carbocycles. The second-order valence-corrected chi connectivity index (χ2v) is 10.1. The van der Waals surface area contributed by atoms with Crippen LogP contribution in [-0.2, 0) is 33.2 Å². The van der Waals surface area contributed by atoms with Gasteiger partial charge < -0.3 is 69.3 Å². The number of hydrogen-bond acceptors (Lipinski definition) is 15. The van der Waals surface area contributed by atoms with Crippen molar-refractivity contribution in [3.05, 3.63) is 11.8 Å². The molecule has 2 saturated heterocycles. The molecule has 3 fully saturated rings. The molecule has 0 aromatic heterocycles. The van der Waals surface area contributed by atoms with Crippen molar-refractivity contribution in [1.82, 2.24) is 0 Å². The van der Waals surface area contributed by atoms with Crippen molar-refractivity contribution < 1.29 is 74.1 Å². The van der Waals surface area contributed by atoms with Gasteiger partial charge in [0.2, 0.25) is 6.29 Å². The summed E-state index contributed by atoms with van der Waals surface area (Å²) >= 11 is 0. The van der Waals surface area contributed by atoms with Crippen molar-refractivity contribution in [1.29, 1.82) is 0 Å². The Labute approximate surface area is 217 Å². The Balaban J connectivity index is 1.44. The van der Waals surface area contributed by atoms with Crippen LogP contribution in [0.25, 0.3) is 0 Å². The first-order valence-electron chi connectivity index (χ1n) is 12.4. The van der Waals surface area contributed by atoms with Crippen LogP contribution in [-0.4, -0.2) is 141 Å². The van der Waals surface area contributed by atoms with Gasteiger partial charge in [-0.3, -0.25) is 0 Å². The third kappa shape index (κ3) is 5.43. The summed E-state index contributed by atoms with van der Waals surface area (Å²) in [5.41, 5.74) is 0.229. The van der Waals surface area contributed by atoms with Gasteiger partial charge in [0.05, 0.1) is 38.3 Å². The average molecular weight is 553 g/mol. The molecule has 0 aromatic rings. The van der Waals surface area contributed by atoms with Crippen LogP contribution in [0.15, 0.2) is 11.8 Å². The topological polar surface area (TPSA) is 234 Å².